The number of aliphatic hydroxyl groups is 2. The molecule has 0 saturated carbocycles. The van der Waals surface area contributed by atoms with Crippen molar-refractivity contribution < 1.29 is 29.5 Å². The van der Waals surface area contributed by atoms with Crippen molar-refractivity contribution in [2.45, 2.75) is 50.3 Å². The van der Waals surface area contributed by atoms with Crippen LogP contribution in [-0.2, 0) is 19.3 Å². The third kappa shape index (κ3) is 5.53. The molecule has 0 aromatic heterocycles. The summed E-state index contributed by atoms with van der Waals surface area (Å²) in [6, 6.07) is 0.124. The maximum absolute atomic E-state index is 11.9. The third-order valence-electron chi connectivity index (χ3n) is 4.19. The van der Waals surface area contributed by atoms with Gasteiger partial charge in [0, 0.05) is 38.3 Å². The number of rotatable bonds is 7. The van der Waals surface area contributed by atoms with Crippen molar-refractivity contribution in [1.29, 1.82) is 0 Å². The van der Waals surface area contributed by atoms with Gasteiger partial charge >= 0.3 is 0 Å². The average molecular weight is 346 g/mol. The smallest absolute Gasteiger partial charge is 0.261 e. The number of ketones is 2. The normalized spacial score (nSPS) is 24.7. The summed E-state index contributed by atoms with van der Waals surface area (Å²) >= 11 is 0. The number of hydroxylamine groups is 4. The predicted molar refractivity (Wildman–Crippen MR) is 81.8 cm³/mol. The molecule has 2 saturated heterocycles. The summed E-state index contributed by atoms with van der Waals surface area (Å²) < 4.78 is 0. The SMILES string of the molecule is NC1CCN(OC(O)C(=O)C(=O)C(O)ON2CCC(N)CC2)CC1. The van der Waals surface area contributed by atoms with Crippen molar-refractivity contribution in [3.05, 3.63) is 0 Å². The first-order valence-corrected chi connectivity index (χ1v) is 8.15. The van der Waals surface area contributed by atoms with E-state index in [4.69, 9.17) is 21.1 Å². The molecule has 0 radical (unpaired) electrons. The summed E-state index contributed by atoms with van der Waals surface area (Å²) in [7, 11) is 0. The molecule has 10 heteroatoms. The summed E-state index contributed by atoms with van der Waals surface area (Å²) in [5, 5.41) is 22.2. The number of carbonyl (C=O) groups is 2. The van der Waals surface area contributed by atoms with E-state index in [1.165, 1.54) is 10.1 Å². The first-order chi connectivity index (χ1) is 11.4. The topological polar surface area (TPSA) is 152 Å². The van der Waals surface area contributed by atoms with Crippen LogP contribution in [0.1, 0.15) is 25.7 Å². The van der Waals surface area contributed by atoms with E-state index in [0.29, 0.717) is 51.9 Å². The van der Waals surface area contributed by atoms with Crippen molar-refractivity contribution in [2.24, 2.45) is 11.5 Å². The van der Waals surface area contributed by atoms with Gasteiger partial charge in [0.15, 0.2) is 0 Å². The molecule has 0 amide bonds. The van der Waals surface area contributed by atoms with E-state index in [0.717, 1.165) is 0 Å². The highest BCUT2D eigenvalue weighted by Crippen LogP contribution is 2.12. The highest BCUT2D eigenvalue weighted by atomic mass is 16.8. The maximum Gasteiger partial charge on any atom is 0.261 e. The Labute approximate surface area is 140 Å². The molecule has 0 aliphatic carbocycles. The van der Waals surface area contributed by atoms with Crippen LogP contribution in [0.4, 0.5) is 0 Å². The van der Waals surface area contributed by atoms with Crippen LogP contribution in [0.3, 0.4) is 0 Å². The first-order valence-electron chi connectivity index (χ1n) is 8.15. The molecule has 2 unspecified atom stereocenters. The van der Waals surface area contributed by atoms with Gasteiger partial charge in [-0.1, -0.05) is 0 Å². The zero-order chi connectivity index (χ0) is 17.7. The van der Waals surface area contributed by atoms with Crippen molar-refractivity contribution >= 4 is 11.6 Å². The zero-order valence-corrected chi connectivity index (χ0v) is 13.5. The Morgan fingerprint density at radius 2 is 1.08 bits per heavy atom. The molecule has 2 aliphatic rings. The van der Waals surface area contributed by atoms with Crippen LogP contribution < -0.4 is 11.5 Å². The summed E-state index contributed by atoms with van der Waals surface area (Å²) in [5.41, 5.74) is 11.5. The maximum atomic E-state index is 11.9. The Balaban J connectivity index is 1.76. The minimum absolute atomic E-state index is 0.0622. The lowest BCUT2D eigenvalue weighted by molar-refractivity contribution is -0.270. The summed E-state index contributed by atoms with van der Waals surface area (Å²) in [4.78, 5) is 33.8. The van der Waals surface area contributed by atoms with Crippen LogP contribution in [0.15, 0.2) is 0 Å². The molecule has 6 N–H and O–H groups in total. The summed E-state index contributed by atoms with van der Waals surface area (Å²) in [5.74, 6) is -2.52. The molecule has 0 bridgehead atoms. The summed E-state index contributed by atoms with van der Waals surface area (Å²) in [6.45, 7) is 1.80. The van der Waals surface area contributed by atoms with Gasteiger partial charge in [-0.15, -0.1) is 0 Å². The molecule has 2 heterocycles. The fourth-order valence-corrected chi connectivity index (χ4v) is 2.58. The van der Waals surface area contributed by atoms with E-state index in [1.54, 1.807) is 0 Å². The quantitative estimate of drug-likeness (QED) is 0.287. The van der Waals surface area contributed by atoms with E-state index < -0.39 is 24.1 Å². The van der Waals surface area contributed by atoms with Crippen molar-refractivity contribution in [1.82, 2.24) is 10.1 Å². The first kappa shape index (κ1) is 19.3. The highest BCUT2D eigenvalue weighted by molar-refractivity contribution is 6.39. The fraction of sp³-hybridized carbons (Fsp3) is 0.857. The zero-order valence-electron chi connectivity index (χ0n) is 13.5. The van der Waals surface area contributed by atoms with Gasteiger partial charge in [-0.2, -0.15) is 10.1 Å². The van der Waals surface area contributed by atoms with Gasteiger partial charge in [0.05, 0.1) is 0 Å². The van der Waals surface area contributed by atoms with Crippen LogP contribution in [-0.4, -0.2) is 82.7 Å². The second kappa shape index (κ2) is 8.92. The molecular weight excluding hydrogens is 320 g/mol. The van der Waals surface area contributed by atoms with E-state index >= 15 is 0 Å². The Bertz CT molecular complexity index is 395. The number of carbonyl (C=O) groups excluding carboxylic acids is 2. The molecule has 0 aromatic rings. The minimum atomic E-state index is -1.97. The van der Waals surface area contributed by atoms with E-state index in [1.807, 2.05) is 0 Å². The van der Waals surface area contributed by atoms with Crippen LogP contribution in [0.25, 0.3) is 0 Å². The van der Waals surface area contributed by atoms with Crippen LogP contribution >= 0.6 is 0 Å². The molecule has 10 nitrogen and oxygen atoms in total. The minimum Gasteiger partial charge on any atom is -0.360 e. The average Bonchev–Trinajstić information content (AvgIpc) is 2.57. The molecule has 2 atom stereocenters. The lowest BCUT2D eigenvalue weighted by Crippen LogP contribution is -2.48. The second-order valence-corrected chi connectivity index (χ2v) is 6.18. The van der Waals surface area contributed by atoms with E-state index in [2.05, 4.69) is 0 Å². The molecule has 138 valence electrons. The third-order valence-corrected chi connectivity index (χ3v) is 4.19. The molecule has 2 aliphatic heterocycles. The number of Topliss-reactive ketones (excluding diaryl/α,β-unsaturated/α-hetero) is 2. The Hall–Kier alpha value is -0.980. The standard InChI is InChI=1S/C14H26N4O6/c15-9-1-5-17(6-2-9)23-13(21)11(19)12(20)14(22)24-18-7-3-10(16)4-8-18/h9-10,13-14,21-22H,1-8,15-16H2. The van der Waals surface area contributed by atoms with Gasteiger partial charge in [0.2, 0.25) is 12.6 Å². The van der Waals surface area contributed by atoms with Gasteiger partial charge in [0.1, 0.15) is 0 Å². The number of hydrogen-bond acceptors (Lipinski definition) is 10. The monoisotopic (exact) mass is 346 g/mol. The van der Waals surface area contributed by atoms with Crippen LogP contribution in [0.2, 0.25) is 0 Å². The molecule has 0 aromatic carbocycles. The van der Waals surface area contributed by atoms with Gasteiger partial charge < -0.3 is 21.7 Å². The molecule has 0 spiro atoms. The van der Waals surface area contributed by atoms with Crippen LogP contribution in [0, 0.1) is 0 Å². The molecule has 24 heavy (non-hydrogen) atoms. The van der Waals surface area contributed by atoms with Crippen molar-refractivity contribution in [3.63, 3.8) is 0 Å². The lowest BCUT2D eigenvalue weighted by atomic mass is 10.1. The number of aliphatic hydroxyl groups excluding tert-OH is 2. The van der Waals surface area contributed by atoms with Gasteiger partial charge in [-0.25, -0.2) is 0 Å². The number of nitrogens with zero attached hydrogens (tertiary/aromatic N) is 2. The largest absolute Gasteiger partial charge is 0.360 e. The highest BCUT2D eigenvalue weighted by Gasteiger charge is 2.34. The molecule has 2 rings (SSSR count). The van der Waals surface area contributed by atoms with Crippen molar-refractivity contribution in [2.75, 3.05) is 26.2 Å². The summed E-state index contributed by atoms with van der Waals surface area (Å²) in [6.07, 6.45) is -1.29. The predicted octanol–water partition coefficient (Wildman–Crippen LogP) is -2.53. The second-order valence-electron chi connectivity index (χ2n) is 6.18. The number of piperidine rings is 2. The van der Waals surface area contributed by atoms with E-state index in [9.17, 15) is 19.8 Å². The van der Waals surface area contributed by atoms with E-state index in [-0.39, 0.29) is 12.1 Å². The molecule has 2 fully saturated rings. The van der Waals surface area contributed by atoms with Crippen LogP contribution in [0.5, 0.6) is 0 Å². The Morgan fingerprint density at radius 1 is 0.792 bits per heavy atom. The van der Waals surface area contributed by atoms with Gasteiger partial charge in [-0.05, 0) is 25.7 Å². The molecular formula is C14H26N4O6. The number of nitrogens with two attached hydrogens (primary N) is 2. The fourth-order valence-electron chi connectivity index (χ4n) is 2.58. The Kier molecular flexibility index (Phi) is 7.19. The van der Waals surface area contributed by atoms with Gasteiger partial charge in [0.25, 0.3) is 11.6 Å². The van der Waals surface area contributed by atoms with Gasteiger partial charge in [-0.3, -0.25) is 19.3 Å². The lowest BCUT2D eigenvalue weighted by Gasteiger charge is -2.31. The number of hydrogen-bond donors (Lipinski definition) is 4. The van der Waals surface area contributed by atoms with Crippen molar-refractivity contribution in [3.8, 4) is 0 Å². The Morgan fingerprint density at radius 3 is 1.38 bits per heavy atom.